The molecule has 0 saturated heterocycles. The van der Waals surface area contributed by atoms with E-state index < -0.39 is 0 Å². The van der Waals surface area contributed by atoms with E-state index in [1.807, 2.05) is 13.8 Å². The molecule has 3 nitrogen and oxygen atoms in total. The molecule has 4 rings (SSSR count). The molecule has 1 atom stereocenters. The standard InChI is InChI=1S/C22H28N2O.C12H16.C2H6/c1-4-7-8-22-23-19-11-9-18(15-20(19)24-22)17-10-12-21(25-13-5-2)16(6-3)14-17;1-4-7-10(2)12-9-6-5-8-11(12)3;1-2/h9-12,14-15H,4-8,13H2,1-3H3,(H,23,24);4-9,11H,1-3H3;1-2H3/b;7-4-,12-10-;. The molecule has 210 valence electrons. The molecule has 0 saturated carbocycles. The number of H-pyrrole nitrogens is 1. The number of rotatable bonds is 9. The third-order valence-corrected chi connectivity index (χ3v) is 6.68. The van der Waals surface area contributed by atoms with E-state index in [0.717, 1.165) is 48.5 Å². The van der Waals surface area contributed by atoms with Crippen molar-refractivity contribution in [1.82, 2.24) is 9.97 Å². The highest BCUT2D eigenvalue weighted by Crippen LogP contribution is 2.29. The summed E-state index contributed by atoms with van der Waals surface area (Å²) in [5.41, 5.74) is 8.67. The zero-order valence-corrected chi connectivity index (χ0v) is 25.6. The lowest BCUT2D eigenvalue weighted by atomic mass is 9.92. The minimum atomic E-state index is 0.561. The number of hydrogen-bond donors (Lipinski definition) is 1. The third kappa shape index (κ3) is 9.42. The Hall–Kier alpha value is -3.33. The van der Waals surface area contributed by atoms with Gasteiger partial charge in [-0.2, -0.15) is 0 Å². The lowest BCUT2D eigenvalue weighted by Gasteiger charge is -2.13. The minimum absolute atomic E-state index is 0.561. The number of benzene rings is 2. The zero-order valence-electron chi connectivity index (χ0n) is 25.6. The number of aromatic nitrogens is 2. The average Bonchev–Trinajstić information content (AvgIpc) is 3.39. The Morgan fingerprint density at radius 2 is 1.74 bits per heavy atom. The van der Waals surface area contributed by atoms with Crippen LogP contribution in [-0.2, 0) is 12.8 Å². The number of nitrogens with one attached hydrogen (secondary N) is 1. The van der Waals surface area contributed by atoms with Crippen molar-refractivity contribution in [2.75, 3.05) is 6.61 Å². The second-order valence-corrected chi connectivity index (χ2v) is 9.71. The summed E-state index contributed by atoms with van der Waals surface area (Å²) in [6.45, 7) is 17.7. The maximum Gasteiger partial charge on any atom is 0.122 e. The number of unbranched alkanes of at least 4 members (excludes halogenated alkanes) is 1. The first kappa shape index (κ1) is 31.9. The fourth-order valence-corrected chi connectivity index (χ4v) is 4.58. The molecule has 0 bridgehead atoms. The van der Waals surface area contributed by atoms with Crippen molar-refractivity contribution in [3.8, 4) is 16.9 Å². The van der Waals surface area contributed by atoms with Crippen LogP contribution >= 0.6 is 0 Å². The van der Waals surface area contributed by atoms with Gasteiger partial charge in [-0.05, 0) is 91.1 Å². The zero-order chi connectivity index (χ0) is 28.6. The summed E-state index contributed by atoms with van der Waals surface area (Å²) < 4.78 is 5.86. The Labute approximate surface area is 237 Å². The lowest BCUT2D eigenvalue weighted by molar-refractivity contribution is 0.314. The molecule has 1 N–H and O–H groups in total. The topological polar surface area (TPSA) is 37.9 Å². The van der Waals surface area contributed by atoms with Crippen LogP contribution in [0.3, 0.4) is 0 Å². The number of hydrogen-bond acceptors (Lipinski definition) is 2. The van der Waals surface area contributed by atoms with Crippen LogP contribution in [0.1, 0.15) is 86.0 Å². The van der Waals surface area contributed by atoms with Crippen LogP contribution in [-0.4, -0.2) is 16.6 Å². The first-order valence-electron chi connectivity index (χ1n) is 14.9. The summed E-state index contributed by atoms with van der Waals surface area (Å²) in [6.07, 6.45) is 18.3. The quantitative estimate of drug-likeness (QED) is 0.301. The molecule has 1 aromatic heterocycles. The largest absolute Gasteiger partial charge is 0.493 e. The van der Waals surface area contributed by atoms with Gasteiger partial charge in [-0.3, -0.25) is 0 Å². The van der Waals surface area contributed by atoms with E-state index >= 15 is 0 Å². The maximum atomic E-state index is 5.86. The van der Waals surface area contributed by atoms with Crippen molar-refractivity contribution >= 4 is 11.0 Å². The van der Waals surface area contributed by atoms with Crippen LogP contribution in [0.4, 0.5) is 0 Å². The molecule has 1 unspecified atom stereocenters. The lowest BCUT2D eigenvalue weighted by Crippen LogP contribution is -1.98. The molecule has 1 aliphatic carbocycles. The molecule has 0 aliphatic heterocycles. The molecular weight excluding hydrogens is 476 g/mol. The number of aryl methyl sites for hydroxylation is 2. The summed E-state index contributed by atoms with van der Waals surface area (Å²) in [7, 11) is 0. The molecular formula is C36H50N2O. The van der Waals surface area contributed by atoms with Gasteiger partial charge < -0.3 is 9.72 Å². The summed E-state index contributed by atoms with van der Waals surface area (Å²) in [6, 6.07) is 13.0. The Balaban J connectivity index is 0.000000320. The number of aromatic amines is 1. The van der Waals surface area contributed by atoms with Gasteiger partial charge in [-0.15, -0.1) is 0 Å². The van der Waals surface area contributed by atoms with Crippen LogP contribution in [0.5, 0.6) is 5.75 Å². The molecule has 3 heteroatoms. The average molecular weight is 527 g/mol. The van der Waals surface area contributed by atoms with E-state index in [4.69, 9.17) is 9.72 Å². The molecule has 0 radical (unpaired) electrons. The predicted octanol–water partition coefficient (Wildman–Crippen LogP) is 10.6. The number of nitrogens with zero attached hydrogens (tertiary/aromatic N) is 1. The van der Waals surface area contributed by atoms with Gasteiger partial charge in [0.1, 0.15) is 11.6 Å². The van der Waals surface area contributed by atoms with Crippen molar-refractivity contribution in [2.24, 2.45) is 5.92 Å². The van der Waals surface area contributed by atoms with E-state index in [9.17, 15) is 0 Å². The van der Waals surface area contributed by atoms with Gasteiger partial charge in [0.15, 0.2) is 0 Å². The number of ether oxygens (including phenoxy) is 1. The molecule has 2 aromatic carbocycles. The molecule has 0 amide bonds. The summed E-state index contributed by atoms with van der Waals surface area (Å²) in [5, 5.41) is 0. The van der Waals surface area contributed by atoms with Gasteiger partial charge in [0.2, 0.25) is 0 Å². The van der Waals surface area contributed by atoms with Gasteiger partial charge in [-0.1, -0.05) is 96.6 Å². The number of imidazole rings is 1. The van der Waals surface area contributed by atoms with E-state index in [1.54, 1.807) is 0 Å². The van der Waals surface area contributed by atoms with Crippen LogP contribution in [0.15, 0.2) is 84.0 Å². The highest BCUT2D eigenvalue weighted by molar-refractivity contribution is 5.82. The van der Waals surface area contributed by atoms with E-state index in [0.29, 0.717) is 5.92 Å². The van der Waals surface area contributed by atoms with Crippen molar-refractivity contribution in [3.63, 3.8) is 0 Å². The second-order valence-electron chi connectivity index (χ2n) is 9.71. The number of fused-ring (bicyclic) bond motifs is 1. The smallest absolute Gasteiger partial charge is 0.122 e. The third-order valence-electron chi connectivity index (χ3n) is 6.68. The Kier molecular flexibility index (Phi) is 14.1. The van der Waals surface area contributed by atoms with Crippen LogP contribution in [0.2, 0.25) is 0 Å². The Morgan fingerprint density at radius 1 is 1.00 bits per heavy atom. The summed E-state index contributed by atoms with van der Waals surface area (Å²) in [5.74, 6) is 2.66. The van der Waals surface area contributed by atoms with E-state index in [2.05, 4.69) is 119 Å². The summed E-state index contributed by atoms with van der Waals surface area (Å²) in [4.78, 5) is 8.16. The first-order chi connectivity index (χ1) is 19.0. The van der Waals surface area contributed by atoms with Crippen molar-refractivity contribution in [3.05, 3.63) is 95.4 Å². The molecule has 0 spiro atoms. The van der Waals surface area contributed by atoms with Crippen molar-refractivity contribution in [2.45, 2.75) is 87.5 Å². The minimum Gasteiger partial charge on any atom is -0.493 e. The predicted molar refractivity (Wildman–Crippen MR) is 172 cm³/mol. The van der Waals surface area contributed by atoms with Crippen LogP contribution < -0.4 is 4.74 Å². The van der Waals surface area contributed by atoms with Gasteiger partial charge in [-0.25, -0.2) is 4.98 Å². The highest BCUT2D eigenvalue weighted by atomic mass is 16.5. The fourth-order valence-electron chi connectivity index (χ4n) is 4.58. The molecule has 1 aliphatic rings. The van der Waals surface area contributed by atoms with Crippen molar-refractivity contribution < 1.29 is 4.74 Å². The fraction of sp³-hybridized carbons (Fsp3) is 0.417. The van der Waals surface area contributed by atoms with Gasteiger partial charge in [0.05, 0.1) is 17.6 Å². The molecule has 39 heavy (non-hydrogen) atoms. The Bertz CT molecular complexity index is 1270. The summed E-state index contributed by atoms with van der Waals surface area (Å²) >= 11 is 0. The first-order valence-corrected chi connectivity index (χ1v) is 14.9. The normalized spacial score (nSPS) is 15.5. The molecule has 3 aromatic rings. The molecule has 0 fully saturated rings. The second kappa shape index (κ2) is 17.3. The van der Waals surface area contributed by atoms with Gasteiger partial charge in [0.25, 0.3) is 0 Å². The van der Waals surface area contributed by atoms with E-state index in [1.165, 1.54) is 40.7 Å². The van der Waals surface area contributed by atoms with E-state index in [-0.39, 0.29) is 0 Å². The van der Waals surface area contributed by atoms with Crippen LogP contribution in [0.25, 0.3) is 22.2 Å². The van der Waals surface area contributed by atoms with Gasteiger partial charge >= 0.3 is 0 Å². The Morgan fingerprint density at radius 3 is 2.41 bits per heavy atom. The monoisotopic (exact) mass is 526 g/mol. The maximum absolute atomic E-state index is 5.86. The number of allylic oxidation sites excluding steroid dienone is 8. The highest BCUT2D eigenvalue weighted by Gasteiger charge is 2.09. The van der Waals surface area contributed by atoms with Crippen molar-refractivity contribution in [1.29, 1.82) is 0 Å². The molecule has 1 heterocycles. The SMILES string of the molecule is C/C=C\C(C)=C1\C=CC=CC1C.CC.CCCCc1nc2ccc(-c3ccc(OCCC)c(CC)c3)cc2[nH]1. The van der Waals surface area contributed by atoms with Crippen LogP contribution in [0, 0.1) is 5.92 Å². The van der Waals surface area contributed by atoms with Gasteiger partial charge in [0, 0.05) is 6.42 Å².